The molecule has 2 heterocycles. The average molecular weight is 477 g/mol. The minimum atomic E-state index is -0.482. The number of thiazole rings is 1. The molecule has 0 spiro atoms. The lowest BCUT2D eigenvalue weighted by atomic mass is 10.1. The maximum absolute atomic E-state index is 13.1. The first-order valence-corrected chi connectivity index (χ1v) is 12.1. The highest BCUT2D eigenvalue weighted by Gasteiger charge is 2.25. The van der Waals surface area contributed by atoms with Crippen molar-refractivity contribution in [3.63, 3.8) is 0 Å². The predicted octanol–water partition coefficient (Wildman–Crippen LogP) is 3.85. The molecule has 0 bridgehead atoms. The molecule has 7 nitrogen and oxygen atoms in total. The van der Waals surface area contributed by atoms with Gasteiger partial charge in [-0.15, -0.1) is 11.3 Å². The van der Waals surface area contributed by atoms with Crippen molar-refractivity contribution in [3.05, 3.63) is 51.2 Å². The molecule has 0 unspecified atom stereocenters. The lowest BCUT2D eigenvalue weighted by Gasteiger charge is -2.35. The molecule has 1 saturated heterocycles. The van der Waals surface area contributed by atoms with E-state index in [1.54, 1.807) is 17.0 Å². The topological polar surface area (TPSA) is 74.8 Å². The fraction of sp³-hybridized carbons (Fsp3) is 0.542. The Morgan fingerprint density at radius 1 is 1.15 bits per heavy atom. The van der Waals surface area contributed by atoms with E-state index >= 15 is 0 Å². The number of amides is 2. The summed E-state index contributed by atoms with van der Waals surface area (Å²) in [6, 6.07) is 6.33. The third-order valence-electron chi connectivity index (χ3n) is 5.28. The van der Waals surface area contributed by atoms with Gasteiger partial charge in [0.15, 0.2) is 0 Å². The Morgan fingerprint density at radius 2 is 1.82 bits per heavy atom. The van der Waals surface area contributed by atoms with E-state index in [0.29, 0.717) is 36.6 Å². The molecule has 1 aliphatic heterocycles. The third-order valence-corrected chi connectivity index (χ3v) is 6.43. The number of hydrogen-bond acceptors (Lipinski definition) is 6. The third kappa shape index (κ3) is 7.78. The number of benzene rings is 1. The largest absolute Gasteiger partial charge is 0.444 e. The van der Waals surface area contributed by atoms with Crippen LogP contribution < -0.4 is 5.32 Å². The number of aryl methyl sites for hydroxylation is 1. The molecule has 33 heavy (non-hydrogen) atoms. The van der Waals surface area contributed by atoms with Gasteiger partial charge in [0, 0.05) is 39.1 Å². The lowest BCUT2D eigenvalue weighted by Crippen LogP contribution is -2.50. The number of nitrogens with one attached hydrogen (secondary N) is 1. The molecule has 1 aromatic heterocycles. The van der Waals surface area contributed by atoms with E-state index in [2.05, 4.69) is 15.2 Å². The summed E-state index contributed by atoms with van der Waals surface area (Å²) < 4.78 is 18.5. The number of hydrogen-bond donors (Lipinski definition) is 1. The molecule has 0 aliphatic carbocycles. The first-order chi connectivity index (χ1) is 15.6. The summed E-state index contributed by atoms with van der Waals surface area (Å²) >= 11 is 1.38. The monoisotopic (exact) mass is 476 g/mol. The van der Waals surface area contributed by atoms with Crippen molar-refractivity contribution in [2.24, 2.45) is 0 Å². The van der Waals surface area contributed by atoms with E-state index in [9.17, 15) is 14.0 Å². The highest BCUT2D eigenvalue weighted by Crippen LogP contribution is 2.21. The van der Waals surface area contributed by atoms with Crippen molar-refractivity contribution in [2.75, 3.05) is 39.3 Å². The van der Waals surface area contributed by atoms with Crippen molar-refractivity contribution in [2.45, 2.75) is 46.1 Å². The Hall–Kier alpha value is -2.52. The second kappa shape index (κ2) is 11.1. The molecular formula is C24H33FN4O3S. The molecule has 2 aromatic rings. The summed E-state index contributed by atoms with van der Waals surface area (Å²) in [7, 11) is 0. The number of nitrogens with zero attached hydrogens (tertiary/aromatic N) is 3. The number of ether oxygens (including phenoxy) is 1. The van der Waals surface area contributed by atoms with Crippen LogP contribution in [-0.4, -0.2) is 71.7 Å². The molecule has 1 aliphatic rings. The number of carbonyl (C=O) groups excluding carboxylic acids is 2. The smallest absolute Gasteiger partial charge is 0.410 e. The number of aromatic nitrogens is 1. The van der Waals surface area contributed by atoms with Crippen LogP contribution in [0.1, 0.15) is 53.1 Å². The van der Waals surface area contributed by atoms with Crippen molar-refractivity contribution < 1.29 is 18.7 Å². The number of halogens is 1. The minimum absolute atomic E-state index is 0.106. The Kier molecular flexibility index (Phi) is 8.42. The van der Waals surface area contributed by atoms with Crippen LogP contribution in [0.5, 0.6) is 0 Å². The fourth-order valence-corrected chi connectivity index (χ4v) is 4.60. The van der Waals surface area contributed by atoms with Crippen molar-refractivity contribution in [1.82, 2.24) is 20.1 Å². The molecular weight excluding hydrogens is 443 g/mol. The maximum atomic E-state index is 13.1. The summed E-state index contributed by atoms with van der Waals surface area (Å²) in [5.41, 5.74) is 1.20. The Balaban J connectivity index is 1.37. The zero-order chi connectivity index (χ0) is 24.0. The first-order valence-electron chi connectivity index (χ1n) is 11.3. The zero-order valence-corrected chi connectivity index (χ0v) is 20.6. The molecule has 1 N–H and O–H groups in total. The molecule has 0 atom stereocenters. The SMILES string of the molecule is Cc1nc(Cc2ccc(F)cc2)sc1C(=O)NCCCN1CCN(C(=O)OC(C)(C)C)CC1. The standard InChI is InChI=1S/C24H33FN4O3S/c1-17-21(33-20(27-17)16-18-6-8-19(25)9-7-18)22(30)26-10-5-11-28-12-14-29(15-13-28)23(31)32-24(2,3)4/h6-9H,5,10-16H2,1-4H3,(H,26,30). The van der Waals surface area contributed by atoms with Gasteiger partial charge in [-0.05, 0) is 58.4 Å². The molecule has 9 heteroatoms. The maximum Gasteiger partial charge on any atom is 0.410 e. The van der Waals surface area contributed by atoms with Gasteiger partial charge in [-0.3, -0.25) is 9.69 Å². The highest BCUT2D eigenvalue weighted by atomic mass is 32.1. The van der Waals surface area contributed by atoms with E-state index in [4.69, 9.17) is 4.74 Å². The average Bonchev–Trinajstić information content (AvgIpc) is 3.12. The Labute approximate surface area is 198 Å². The summed E-state index contributed by atoms with van der Waals surface area (Å²) in [5.74, 6) is -0.371. The van der Waals surface area contributed by atoms with E-state index in [-0.39, 0.29) is 17.8 Å². The van der Waals surface area contributed by atoms with Crippen LogP contribution in [-0.2, 0) is 11.2 Å². The zero-order valence-electron chi connectivity index (χ0n) is 19.8. The second-order valence-corrected chi connectivity index (χ2v) is 10.3. The van der Waals surface area contributed by atoms with Crippen LogP contribution in [0.4, 0.5) is 9.18 Å². The van der Waals surface area contributed by atoms with Gasteiger partial charge in [0.25, 0.3) is 5.91 Å². The van der Waals surface area contributed by atoms with Gasteiger partial charge in [-0.2, -0.15) is 0 Å². The summed E-state index contributed by atoms with van der Waals surface area (Å²) in [5, 5.41) is 3.83. The van der Waals surface area contributed by atoms with Crippen LogP contribution in [0.3, 0.4) is 0 Å². The summed E-state index contributed by atoms with van der Waals surface area (Å²) in [6.45, 7) is 11.8. The number of piperazine rings is 1. The number of carbonyl (C=O) groups is 2. The highest BCUT2D eigenvalue weighted by molar-refractivity contribution is 7.13. The predicted molar refractivity (Wildman–Crippen MR) is 127 cm³/mol. The van der Waals surface area contributed by atoms with Crippen molar-refractivity contribution in [3.8, 4) is 0 Å². The molecule has 3 rings (SSSR count). The molecule has 0 saturated carbocycles. The number of rotatable bonds is 7. The van der Waals surface area contributed by atoms with Crippen molar-refractivity contribution in [1.29, 1.82) is 0 Å². The van der Waals surface area contributed by atoms with E-state index in [0.717, 1.165) is 36.6 Å². The molecule has 180 valence electrons. The van der Waals surface area contributed by atoms with Crippen LogP contribution in [0.2, 0.25) is 0 Å². The molecule has 1 aromatic carbocycles. The van der Waals surface area contributed by atoms with Gasteiger partial charge in [0.2, 0.25) is 0 Å². The summed E-state index contributed by atoms with van der Waals surface area (Å²) in [6.07, 6.45) is 1.15. The Morgan fingerprint density at radius 3 is 2.45 bits per heavy atom. The van der Waals surface area contributed by atoms with Crippen LogP contribution in [0.15, 0.2) is 24.3 Å². The lowest BCUT2D eigenvalue weighted by molar-refractivity contribution is 0.0144. The summed E-state index contributed by atoms with van der Waals surface area (Å²) in [4.78, 5) is 33.9. The van der Waals surface area contributed by atoms with Gasteiger partial charge in [0.05, 0.1) is 10.7 Å². The second-order valence-electron chi connectivity index (χ2n) is 9.24. The Bertz CT molecular complexity index is 948. The van der Waals surface area contributed by atoms with Crippen LogP contribution >= 0.6 is 11.3 Å². The van der Waals surface area contributed by atoms with E-state index < -0.39 is 5.60 Å². The van der Waals surface area contributed by atoms with Gasteiger partial charge in [-0.1, -0.05) is 12.1 Å². The normalized spacial score (nSPS) is 14.9. The van der Waals surface area contributed by atoms with Crippen LogP contribution in [0.25, 0.3) is 0 Å². The molecule has 2 amide bonds. The van der Waals surface area contributed by atoms with Crippen LogP contribution in [0, 0.1) is 12.7 Å². The van der Waals surface area contributed by atoms with Gasteiger partial charge >= 0.3 is 6.09 Å². The molecule has 1 fully saturated rings. The molecule has 0 radical (unpaired) electrons. The van der Waals surface area contributed by atoms with Gasteiger partial charge in [-0.25, -0.2) is 14.2 Å². The van der Waals surface area contributed by atoms with Crippen molar-refractivity contribution >= 4 is 23.3 Å². The van der Waals surface area contributed by atoms with E-state index in [1.165, 1.54) is 23.5 Å². The minimum Gasteiger partial charge on any atom is -0.444 e. The van der Waals surface area contributed by atoms with Gasteiger partial charge < -0.3 is 15.0 Å². The first kappa shape index (κ1) is 25.1. The fourth-order valence-electron chi connectivity index (χ4n) is 3.58. The van der Waals surface area contributed by atoms with Gasteiger partial charge in [0.1, 0.15) is 16.3 Å². The van der Waals surface area contributed by atoms with E-state index in [1.807, 2.05) is 27.7 Å². The quantitative estimate of drug-likeness (QED) is 0.615.